The van der Waals surface area contributed by atoms with Gasteiger partial charge in [-0.1, -0.05) is 41.1 Å². The van der Waals surface area contributed by atoms with E-state index >= 15 is 0 Å². The lowest BCUT2D eigenvalue weighted by atomic mass is 10.0. The number of aromatic nitrogens is 3. The van der Waals surface area contributed by atoms with Crippen molar-refractivity contribution in [1.82, 2.24) is 25.2 Å². The van der Waals surface area contributed by atoms with E-state index in [1.54, 1.807) is 30.5 Å². The molecule has 2 N–H and O–H groups in total. The number of halogens is 1. The molecular weight excluding hydrogens is 460 g/mol. The molecule has 1 saturated heterocycles. The highest BCUT2D eigenvalue weighted by Gasteiger charge is 2.39. The molecule has 5 rings (SSSR count). The van der Waals surface area contributed by atoms with Crippen LogP contribution in [0, 0.1) is 0 Å². The third-order valence-electron chi connectivity index (χ3n) is 5.85. The number of piperidine rings is 1. The Bertz CT molecular complexity index is 1340. The molecular formula is C23H19ClN6O4. The van der Waals surface area contributed by atoms with E-state index in [4.69, 9.17) is 11.6 Å². The predicted molar refractivity (Wildman–Crippen MR) is 122 cm³/mol. The fourth-order valence-electron chi connectivity index (χ4n) is 4.21. The van der Waals surface area contributed by atoms with Gasteiger partial charge in [0.2, 0.25) is 17.7 Å². The summed E-state index contributed by atoms with van der Waals surface area (Å²) in [5.41, 5.74) is 2.79. The number of fused-ring (bicyclic) bond motifs is 1. The first-order valence-corrected chi connectivity index (χ1v) is 11.0. The molecule has 11 heteroatoms. The molecule has 0 bridgehead atoms. The van der Waals surface area contributed by atoms with E-state index in [9.17, 15) is 19.2 Å². The predicted octanol–water partition coefficient (Wildman–Crippen LogP) is 2.00. The lowest BCUT2D eigenvalue weighted by Crippen LogP contribution is -2.52. The van der Waals surface area contributed by atoms with Gasteiger partial charge in [-0.15, -0.1) is 5.10 Å². The Hall–Kier alpha value is -4.05. The molecule has 2 aliphatic heterocycles. The number of anilines is 1. The highest BCUT2D eigenvalue weighted by atomic mass is 35.5. The number of imide groups is 1. The Labute approximate surface area is 198 Å². The van der Waals surface area contributed by atoms with Crippen LogP contribution >= 0.6 is 11.6 Å². The van der Waals surface area contributed by atoms with Crippen LogP contribution in [0.3, 0.4) is 0 Å². The Balaban J connectivity index is 1.30. The van der Waals surface area contributed by atoms with E-state index in [2.05, 4.69) is 20.9 Å². The third kappa shape index (κ3) is 4.03. The average Bonchev–Trinajstić information content (AvgIpc) is 3.39. The van der Waals surface area contributed by atoms with Gasteiger partial charge < -0.3 is 10.2 Å². The summed E-state index contributed by atoms with van der Waals surface area (Å²) in [5.74, 6) is -1.48. The Kier molecular flexibility index (Phi) is 5.58. The van der Waals surface area contributed by atoms with Crippen molar-refractivity contribution in [3.63, 3.8) is 0 Å². The summed E-state index contributed by atoms with van der Waals surface area (Å²) in [7, 11) is 0. The number of hydrogen-bond donors (Lipinski definition) is 2. The molecule has 0 spiro atoms. The molecule has 3 heterocycles. The van der Waals surface area contributed by atoms with Crippen LogP contribution in [0.1, 0.15) is 28.8 Å². The number of rotatable bonds is 5. The number of benzene rings is 2. The van der Waals surface area contributed by atoms with Crippen LogP contribution in [0.25, 0.3) is 11.3 Å². The molecule has 1 atom stereocenters. The van der Waals surface area contributed by atoms with Crippen LogP contribution in [0.2, 0.25) is 5.02 Å². The second-order valence-electron chi connectivity index (χ2n) is 8.06. The average molecular weight is 479 g/mol. The highest BCUT2D eigenvalue weighted by molar-refractivity contribution is 6.33. The molecule has 2 aliphatic rings. The van der Waals surface area contributed by atoms with Gasteiger partial charge in [0.05, 0.1) is 11.2 Å². The maximum absolute atomic E-state index is 12.9. The van der Waals surface area contributed by atoms with E-state index in [0.29, 0.717) is 33.1 Å². The molecule has 0 radical (unpaired) electrons. The van der Waals surface area contributed by atoms with Gasteiger partial charge in [-0.2, -0.15) is 0 Å². The van der Waals surface area contributed by atoms with Gasteiger partial charge in [-0.05, 0) is 24.6 Å². The van der Waals surface area contributed by atoms with Crippen molar-refractivity contribution in [2.24, 2.45) is 0 Å². The molecule has 1 aromatic heterocycles. The zero-order chi connectivity index (χ0) is 23.8. The lowest BCUT2D eigenvalue weighted by Gasteiger charge is -2.29. The van der Waals surface area contributed by atoms with Gasteiger partial charge in [0.15, 0.2) is 0 Å². The maximum Gasteiger partial charge on any atom is 0.255 e. The van der Waals surface area contributed by atoms with E-state index in [-0.39, 0.29) is 43.7 Å². The van der Waals surface area contributed by atoms with E-state index in [1.165, 1.54) is 9.58 Å². The van der Waals surface area contributed by atoms with Crippen LogP contribution < -0.4 is 10.6 Å². The summed E-state index contributed by atoms with van der Waals surface area (Å²) >= 11 is 6.20. The Morgan fingerprint density at radius 2 is 1.91 bits per heavy atom. The summed E-state index contributed by atoms with van der Waals surface area (Å²) in [6.07, 6.45) is 2.07. The molecule has 4 amide bonds. The van der Waals surface area contributed by atoms with Gasteiger partial charge in [0.1, 0.15) is 18.3 Å². The van der Waals surface area contributed by atoms with Crippen LogP contribution in [-0.2, 0) is 27.5 Å². The minimum Gasteiger partial charge on any atom is -0.324 e. The van der Waals surface area contributed by atoms with Crippen LogP contribution in [0.15, 0.2) is 48.7 Å². The van der Waals surface area contributed by atoms with E-state index in [0.717, 1.165) is 0 Å². The van der Waals surface area contributed by atoms with Crippen LogP contribution in [-0.4, -0.2) is 49.6 Å². The fourth-order valence-corrected chi connectivity index (χ4v) is 4.44. The van der Waals surface area contributed by atoms with E-state index in [1.807, 2.05) is 18.2 Å². The second kappa shape index (κ2) is 8.71. The highest BCUT2D eigenvalue weighted by Crippen LogP contribution is 2.32. The molecule has 172 valence electrons. The zero-order valence-corrected chi connectivity index (χ0v) is 18.6. The Morgan fingerprint density at radius 3 is 2.71 bits per heavy atom. The molecule has 10 nitrogen and oxygen atoms in total. The Morgan fingerprint density at radius 1 is 1.12 bits per heavy atom. The van der Waals surface area contributed by atoms with Crippen molar-refractivity contribution in [2.45, 2.75) is 32.0 Å². The fraction of sp³-hybridized carbons (Fsp3) is 0.217. The SMILES string of the molecule is O=C1CCC(N2Cc3c(NC(=O)Cn4cc(-c5ccccc5Cl)nn4)cccc3C2=O)C(=O)N1. The quantitative estimate of drug-likeness (QED) is 0.540. The maximum atomic E-state index is 12.9. The third-order valence-corrected chi connectivity index (χ3v) is 6.18. The summed E-state index contributed by atoms with van der Waals surface area (Å²) in [6.45, 7) is 0.0722. The minimum absolute atomic E-state index is 0.0913. The topological polar surface area (TPSA) is 126 Å². The number of nitrogens with zero attached hydrogens (tertiary/aromatic N) is 4. The molecule has 0 aliphatic carbocycles. The van der Waals surface area contributed by atoms with Crippen molar-refractivity contribution < 1.29 is 19.2 Å². The molecule has 1 unspecified atom stereocenters. The van der Waals surface area contributed by atoms with Crippen molar-refractivity contribution >= 4 is 40.9 Å². The minimum atomic E-state index is -0.723. The molecule has 1 fully saturated rings. The number of amides is 4. The summed E-state index contributed by atoms with van der Waals surface area (Å²) < 4.78 is 1.40. The molecule has 0 saturated carbocycles. The summed E-state index contributed by atoms with van der Waals surface area (Å²) in [6, 6.07) is 11.5. The monoisotopic (exact) mass is 478 g/mol. The van der Waals surface area contributed by atoms with Crippen molar-refractivity contribution in [1.29, 1.82) is 0 Å². The smallest absolute Gasteiger partial charge is 0.255 e. The molecule has 2 aromatic carbocycles. The number of carbonyl (C=O) groups excluding carboxylic acids is 4. The molecule has 34 heavy (non-hydrogen) atoms. The summed E-state index contributed by atoms with van der Waals surface area (Å²) in [5, 5.41) is 13.7. The standard InChI is InChI=1S/C23H19ClN6O4/c24-16-6-2-1-4-14(16)18-11-29(28-27-18)12-21(32)25-17-7-3-5-13-15(17)10-30(23(13)34)19-8-9-20(31)26-22(19)33/h1-7,11,19H,8-10,12H2,(H,25,32)(H,26,31,33). The second-order valence-corrected chi connectivity index (χ2v) is 8.47. The van der Waals surface area contributed by atoms with Gasteiger partial charge in [-0.3, -0.25) is 24.5 Å². The first kappa shape index (κ1) is 21.8. The lowest BCUT2D eigenvalue weighted by molar-refractivity contribution is -0.137. The van der Waals surface area contributed by atoms with Crippen molar-refractivity contribution in [3.8, 4) is 11.3 Å². The number of carbonyl (C=O) groups is 4. The van der Waals surface area contributed by atoms with E-state index < -0.39 is 11.9 Å². The first-order valence-electron chi connectivity index (χ1n) is 10.6. The van der Waals surface area contributed by atoms with Gasteiger partial charge >= 0.3 is 0 Å². The number of nitrogens with one attached hydrogen (secondary N) is 2. The van der Waals surface area contributed by atoms with Gasteiger partial charge in [0, 0.05) is 35.3 Å². The van der Waals surface area contributed by atoms with Crippen molar-refractivity contribution in [2.75, 3.05) is 5.32 Å². The van der Waals surface area contributed by atoms with Gasteiger partial charge in [0.25, 0.3) is 5.91 Å². The van der Waals surface area contributed by atoms with Gasteiger partial charge in [-0.25, -0.2) is 4.68 Å². The van der Waals surface area contributed by atoms with Crippen LogP contribution in [0.4, 0.5) is 5.69 Å². The summed E-state index contributed by atoms with van der Waals surface area (Å²) in [4.78, 5) is 50.8. The number of hydrogen-bond acceptors (Lipinski definition) is 6. The first-order chi connectivity index (χ1) is 16.4. The zero-order valence-electron chi connectivity index (χ0n) is 17.8. The molecule has 3 aromatic rings. The normalized spacial score (nSPS) is 17.5. The van der Waals surface area contributed by atoms with Crippen molar-refractivity contribution in [3.05, 3.63) is 64.8 Å². The van der Waals surface area contributed by atoms with Crippen LogP contribution in [0.5, 0.6) is 0 Å². The largest absolute Gasteiger partial charge is 0.324 e.